The molecule has 0 aliphatic carbocycles. The van der Waals surface area contributed by atoms with Crippen molar-refractivity contribution in [2.75, 3.05) is 12.3 Å². The van der Waals surface area contributed by atoms with Gasteiger partial charge >= 0.3 is 0 Å². The van der Waals surface area contributed by atoms with Gasteiger partial charge in [-0.05, 0) is 19.1 Å². The van der Waals surface area contributed by atoms with Gasteiger partial charge in [0.15, 0.2) is 24.0 Å². The third-order valence-electron chi connectivity index (χ3n) is 3.11. The van der Waals surface area contributed by atoms with Crippen molar-refractivity contribution < 1.29 is 23.7 Å². The Hall–Kier alpha value is -1.16. The minimum Gasteiger partial charge on any atom is -0.393 e. The molecular weight excluding hydrogens is 280 g/mol. The summed E-state index contributed by atoms with van der Waals surface area (Å²) < 4.78 is 33.4. The molecule has 2 rings (SSSR count). The van der Waals surface area contributed by atoms with Crippen molar-refractivity contribution in [2.45, 2.75) is 31.0 Å². The zero-order valence-corrected chi connectivity index (χ0v) is 10.8. The average molecular weight is 293 g/mol. The second-order valence-electron chi connectivity index (χ2n) is 4.53. The molecule has 0 radical (unpaired) electrons. The highest BCUT2D eigenvalue weighted by Crippen LogP contribution is 2.38. The fourth-order valence-corrected chi connectivity index (χ4v) is 2.14. The van der Waals surface area contributed by atoms with Gasteiger partial charge < -0.3 is 20.7 Å². The summed E-state index contributed by atoms with van der Waals surface area (Å²) in [5, 5.41) is 18.9. The highest BCUT2D eigenvalue weighted by atomic mass is 32.1. The van der Waals surface area contributed by atoms with E-state index in [9.17, 15) is 13.9 Å². The third-order valence-corrected chi connectivity index (χ3v) is 3.41. The van der Waals surface area contributed by atoms with Crippen LogP contribution in [0.3, 0.4) is 0 Å². The Bertz CT molecular complexity index is 555. The largest absolute Gasteiger partial charge is 0.393 e. The Morgan fingerprint density at radius 2 is 2.32 bits per heavy atom. The number of rotatable bonds is 2. The Morgan fingerprint density at radius 3 is 2.84 bits per heavy atom. The minimum atomic E-state index is -1.88. The molecule has 0 unspecified atom stereocenters. The van der Waals surface area contributed by atoms with Gasteiger partial charge in [0.1, 0.15) is 11.7 Å². The van der Waals surface area contributed by atoms with Crippen LogP contribution in [0.2, 0.25) is 0 Å². The molecule has 1 aliphatic rings. The van der Waals surface area contributed by atoms with Crippen molar-refractivity contribution in [1.29, 1.82) is 0 Å². The molecule has 19 heavy (non-hydrogen) atoms. The molecule has 0 saturated carbocycles. The van der Waals surface area contributed by atoms with E-state index in [2.05, 4.69) is 4.98 Å². The lowest BCUT2D eigenvalue weighted by Gasteiger charge is -2.24. The lowest BCUT2D eigenvalue weighted by Crippen LogP contribution is -2.42. The average Bonchev–Trinajstić information content (AvgIpc) is 2.59. The molecule has 1 fully saturated rings. The Labute approximate surface area is 112 Å². The molecule has 0 bridgehead atoms. The van der Waals surface area contributed by atoms with Gasteiger partial charge in [-0.1, -0.05) is 0 Å². The van der Waals surface area contributed by atoms with E-state index >= 15 is 0 Å². The molecule has 4 N–H and O–H groups in total. The molecule has 1 aliphatic heterocycles. The van der Waals surface area contributed by atoms with Crippen LogP contribution >= 0.6 is 12.2 Å². The van der Waals surface area contributed by atoms with Crippen molar-refractivity contribution in [2.24, 2.45) is 0 Å². The molecule has 9 heteroatoms. The number of alkyl halides is 1. The molecule has 0 spiro atoms. The predicted molar refractivity (Wildman–Crippen MR) is 63.9 cm³/mol. The fourth-order valence-electron chi connectivity index (χ4n) is 1.88. The molecular formula is C10H13F2N3O3S. The van der Waals surface area contributed by atoms with Crippen LogP contribution in [-0.4, -0.2) is 44.2 Å². The molecule has 1 saturated heterocycles. The fraction of sp³-hybridized carbons (Fsp3) is 0.600. The Morgan fingerprint density at radius 1 is 1.68 bits per heavy atom. The monoisotopic (exact) mass is 293 g/mol. The lowest BCUT2D eigenvalue weighted by molar-refractivity contribution is -0.117. The molecule has 106 valence electrons. The second-order valence-corrected chi connectivity index (χ2v) is 4.90. The zero-order chi connectivity index (χ0) is 14.4. The lowest BCUT2D eigenvalue weighted by atomic mass is 9.99. The van der Waals surface area contributed by atoms with E-state index in [-0.39, 0.29) is 4.77 Å². The Balaban J connectivity index is 2.44. The van der Waals surface area contributed by atoms with Crippen LogP contribution in [0.5, 0.6) is 0 Å². The van der Waals surface area contributed by atoms with E-state index in [0.717, 1.165) is 10.8 Å². The number of anilines is 1. The molecule has 0 aromatic carbocycles. The van der Waals surface area contributed by atoms with Gasteiger partial charge in [0, 0.05) is 6.20 Å². The maximum atomic E-state index is 14.0. The summed E-state index contributed by atoms with van der Waals surface area (Å²) in [5.74, 6) is -1.28. The van der Waals surface area contributed by atoms with E-state index in [1.54, 1.807) is 0 Å². The topological polar surface area (TPSA) is 93.5 Å². The van der Waals surface area contributed by atoms with Gasteiger partial charge in [-0.25, -0.2) is 8.78 Å². The van der Waals surface area contributed by atoms with Crippen molar-refractivity contribution in [3.05, 3.63) is 16.8 Å². The van der Waals surface area contributed by atoms with Crippen molar-refractivity contribution in [3.8, 4) is 0 Å². The highest BCUT2D eigenvalue weighted by Gasteiger charge is 2.53. The normalized spacial score (nSPS) is 34.7. The van der Waals surface area contributed by atoms with Gasteiger partial charge in [0.2, 0.25) is 4.77 Å². The number of aromatic nitrogens is 2. The first kappa shape index (κ1) is 14.3. The van der Waals surface area contributed by atoms with Gasteiger partial charge in [0.05, 0.1) is 6.61 Å². The van der Waals surface area contributed by atoms with Crippen molar-refractivity contribution >= 4 is 18.0 Å². The number of nitrogens with two attached hydrogens (primary N) is 1. The molecule has 1 aromatic heterocycles. The first-order valence-corrected chi connectivity index (χ1v) is 5.86. The van der Waals surface area contributed by atoms with Crippen LogP contribution in [-0.2, 0) is 4.74 Å². The van der Waals surface area contributed by atoms with E-state index < -0.39 is 42.3 Å². The minimum absolute atomic E-state index is 0.180. The maximum Gasteiger partial charge on any atom is 0.203 e. The van der Waals surface area contributed by atoms with E-state index in [0.29, 0.717) is 0 Å². The third kappa shape index (κ3) is 2.22. The number of aliphatic hydroxyl groups is 2. The van der Waals surface area contributed by atoms with Crippen LogP contribution in [0, 0.1) is 10.6 Å². The van der Waals surface area contributed by atoms with E-state index in [1.165, 1.54) is 6.92 Å². The number of hydrogen-bond donors (Lipinski definition) is 3. The van der Waals surface area contributed by atoms with Gasteiger partial charge in [-0.2, -0.15) is 4.98 Å². The first-order chi connectivity index (χ1) is 8.80. The smallest absolute Gasteiger partial charge is 0.203 e. The number of nitrogen functional groups attached to an aromatic ring is 1. The standard InChI is InChI=1S/C10H13F2N3O3S/c1-10(3-16)6(17)5(12)8(18-10)15-2-4(11)7(13)14-9(15)19/h2,5-6,8,16-17H,3H2,1H3,(H2,13,14,19)/t5-,6+,8+,10+/m0/s1. The summed E-state index contributed by atoms with van der Waals surface area (Å²) in [7, 11) is 0. The van der Waals surface area contributed by atoms with Crippen LogP contribution in [0.25, 0.3) is 0 Å². The highest BCUT2D eigenvalue weighted by molar-refractivity contribution is 7.71. The SMILES string of the molecule is C[C@]1(CO)O[C@@H](n2cc(F)c(N)nc2=S)[C@@H](F)[C@H]1O. The molecule has 6 nitrogen and oxygen atoms in total. The zero-order valence-electron chi connectivity index (χ0n) is 9.96. The van der Waals surface area contributed by atoms with Crippen molar-refractivity contribution in [1.82, 2.24) is 9.55 Å². The summed E-state index contributed by atoms with van der Waals surface area (Å²) in [6.07, 6.45) is -3.96. The number of nitrogens with zero attached hydrogens (tertiary/aromatic N) is 2. The summed E-state index contributed by atoms with van der Waals surface area (Å²) >= 11 is 4.85. The molecule has 1 aromatic rings. The molecule has 0 amide bonds. The van der Waals surface area contributed by atoms with Crippen LogP contribution in [0.15, 0.2) is 6.20 Å². The van der Waals surface area contributed by atoms with E-state index in [4.69, 9.17) is 27.8 Å². The number of halogens is 2. The Kier molecular flexibility index (Phi) is 3.56. The van der Waals surface area contributed by atoms with E-state index in [1.807, 2.05) is 0 Å². The van der Waals surface area contributed by atoms with Crippen LogP contribution in [0.4, 0.5) is 14.6 Å². The van der Waals surface area contributed by atoms with Gasteiger partial charge in [-0.3, -0.25) is 4.57 Å². The summed E-state index contributed by atoms with van der Waals surface area (Å²) in [5.41, 5.74) is 3.75. The van der Waals surface area contributed by atoms with Crippen LogP contribution in [0.1, 0.15) is 13.2 Å². The number of ether oxygens (including phenoxy) is 1. The van der Waals surface area contributed by atoms with Gasteiger partial charge in [-0.15, -0.1) is 0 Å². The summed E-state index contributed by atoms with van der Waals surface area (Å²) in [4.78, 5) is 3.54. The van der Waals surface area contributed by atoms with Crippen molar-refractivity contribution in [3.63, 3.8) is 0 Å². The summed E-state index contributed by atoms with van der Waals surface area (Å²) in [6.45, 7) is 0.748. The first-order valence-electron chi connectivity index (χ1n) is 5.45. The van der Waals surface area contributed by atoms with Gasteiger partial charge in [0.25, 0.3) is 0 Å². The van der Waals surface area contributed by atoms with Crippen LogP contribution < -0.4 is 5.73 Å². The second kappa shape index (κ2) is 4.75. The molecule has 2 heterocycles. The predicted octanol–water partition coefficient (Wildman–Crippen LogP) is 0.313. The summed E-state index contributed by atoms with van der Waals surface area (Å²) in [6, 6.07) is 0. The number of hydrogen-bond acceptors (Lipinski definition) is 6. The maximum absolute atomic E-state index is 14.0. The molecule has 4 atom stereocenters. The quantitative estimate of drug-likeness (QED) is 0.680. The number of aliphatic hydroxyl groups excluding tert-OH is 2.